The Labute approximate surface area is 353 Å². The average Bonchev–Trinajstić information content (AvgIpc) is 3.65. The molecule has 1 aliphatic rings. The molecule has 0 spiro atoms. The first-order valence-corrected chi connectivity index (χ1v) is 21.2. The molecule has 60 heavy (non-hydrogen) atoms. The Morgan fingerprint density at radius 3 is 1.73 bits per heavy atom. The van der Waals surface area contributed by atoms with Gasteiger partial charge in [-0.2, -0.15) is 11.8 Å². The van der Waals surface area contributed by atoms with Crippen molar-refractivity contribution >= 4 is 64.9 Å². The van der Waals surface area contributed by atoms with Crippen LogP contribution in [0.4, 0.5) is 0 Å². The highest BCUT2D eigenvalue weighted by Gasteiger charge is 2.34. The topological polar surface area (TPSA) is 290 Å². The molecule has 18 nitrogen and oxygen atoms in total. The summed E-state index contributed by atoms with van der Waals surface area (Å²) < 4.78 is 0. The van der Waals surface area contributed by atoms with Crippen LogP contribution in [0.25, 0.3) is 0 Å². The van der Waals surface area contributed by atoms with Crippen molar-refractivity contribution in [2.24, 2.45) is 17.4 Å². The van der Waals surface area contributed by atoms with E-state index in [-0.39, 0.29) is 56.8 Å². The molecule has 0 unspecified atom stereocenters. The number of carbonyl (C=O) groups is 9. The van der Waals surface area contributed by atoms with E-state index in [1.54, 1.807) is 60.7 Å². The summed E-state index contributed by atoms with van der Waals surface area (Å²) in [5.41, 5.74) is 12.2. The molecule has 2 aromatic carbocycles. The van der Waals surface area contributed by atoms with Gasteiger partial charge in [-0.3, -0.25) is 43.2 Å². The predicted molar refractivity (Wildman–Crippen MR) is 224 cm³/mol. The second kappa shape index (κ2) is 24.8. The highest BCUT2D eigenvalue weighted by molar-refractivity contribution is 7.98. The molecule has 6 atom stereocenters. The van der Waals surface area contributed by atoms with Crippen molar-refractivity contribution in [3.63, 3.8) is 0 Å². The first-order chi connectivity index (χ1) is 28.6. The third kappa shape index (κ3) is 17.1. The minimum atomic E-state index is -1.31. The van der Waals surface area contributed by atoms with E-state index in [1.807, 2.05) is 20.1 Å². The fourth-order valence-electron chi connectivity index (χ4n) is 6.33. The van der Waals surface area contributed by atoms with Crippen molar-refractivity contribution in [3.8, 4) is 0 Å². The van der Waals surface area contributed by atoms with Gasteiger partial charge < -0.3 is 48.7 Å². The summed E-state index contributed by atoms with van der Waals surface area (Å²) in [5, 5.41) is 18.2. The second-order valence-electron chi connectivity index (χ2n) is 14.9. The van der Waals surface area contributed by atoms with Gasteiger partial charge in [-0.15, -0.1) is 0 Å². The lowest BCUT2D eigenvalue weighted by atomic mass is 10.0. The van der Waals surface area contributed by atoms with Crippen LogP contribution >= 0.6 is 11.8 Å². The second-order valence-corrected chi connectivity index (χ2v) is 15.9. The third-order valence-electron chi connectivity index (χ3n) is 9.51. The zero-order valence-corrected chi connectivity index (χ0v) is 34.9. The monoisotopic (exact) mass is 851 g/mol. The number of amides is 9. The Hall–Kier alpha value is -5.98. The number of primary amides is 2. The summed E-state index contributed by atoms with van der Waals surface area (Å²) in [6, 6.07) is 10.8. The minimum absolute atomic E-state index is 0.0145. The summed E-state index contributed by atoms with van der Waals surface area (Å²) in [4.78, 5) is 117. The largest absolute Gasteiger partial charge is 0.370 e. The van der Waals surface area contributed by atoms with Gasteiger partial charge in [-0.1, -0.05) is 74.5 Å². The molecular weight excluding hydrogens is 795 g/mol. The Bertz CT molecular complexity index is 1820. The van der Waals surface area contributed by atoms with Gasteiger partial charge in [0.1, 0.15) is 36.3 Å². The molecule has 0 aliphatic carbocycles. The van der Waals surface area contributed by atoms with E-state index in [4.69, 9.17) is 11.5 Å². The highest BCUT2D eigenvalue weighted by Crippen LogP contribution is 2.11. The minimum Gasteiger partial charge on any atom is -0.370 e. The van der Waals surface area contributed by atoms with Crippen LogP contribution in [-0.4, -0.2) is 108 Å². The Morgan fingerprint density at radius 1 is 0.700 bits per heavy atom. The van der Waals surface area contributed by atoms with Crippen molar-refractivity contribution in [2.45, 2.75) is 101 Å². The van der Waals surface area contributed by atoms with Gasteiger partial charge in [0, 0.05) is 25.7 Å². The van der Waals surface area contributed by atoms with E-state index in [0.717, 1.165) is 0 Å². The van der Waals surface area contributed by atoms with Gasteiger partial charge in [0.05, 0.1) is 6.54 Å². The highest BCUT2D eigenvalue weighted by atomic mass is 32.2. The number of hydrogen-bond donors (Lipinski definition) is 9. The Morgan fingerprint density at radius 2 is 1.23 bits per heavy atom. The van der Waals surface area contributed by atoms with Crippen LogP contribution in [-0.2, 0) is 56.0 Å². The third-order valence-corrected chi connectivity index (χ3v) is 10.2. The maximum absolute atomic E-state index is 14.1. The van der Waals surface area contributed by atoms with Crippen LogP contribution in [0.3, 0.4) is 0 Å². The van der Waals surface area contributed by atoms with Crippen molar-refractivity contribution in [1.82, 2.24) is 37.2 Å². The Balaban J connectivity index is 1.81. The molecule has 0 radical (unpaired) electrons. The fourth-order valence-corrected chi connectivity index (χ4v) is 6.81. The maximum Gasteiger partial charge on any atom is 0.243 e. The van der Waals surface area contributed by atoms with Crippen molar-refractivity contribution in [1.29, 1.82) is 0 Å². The van der Waals surface area contributed by atoms with Gasteiger partial charge >= 0.3 is 0 Å². The molecule has 1 aliphatic heterocycles. The molecule has 0 aromatic heterocycles. The van der Waals surface area contributed by atoms with Gasteiger partial charge in [0.2, 0.25) is 53.2 Å². The number of benzene rings is 2. The lowest BCUT2D eigenvalue weighted by Crippen LogP contribution is -2.59. The van der Waals surface area contributed by atoms with Gasteiger partial charge in [-0.25, -0.2) is 0 Å². The molecule has 3 rings (SSSR count). The fraction of sp³-hybridized carbons (Fsp3) is 0.488. The molecule has 1 fully saturated rings. The number of hydrogen-bond acceptors (Lipinski definition) is 10. The zero-order valence-electron chi connectivity index (χ0n) is 34.1. The molecule has 11 N–H and O–H groups in total. The summed E-state index contributed by atoms with van der Waals surface area (Å²) in [6.45, 7) is 3.14. The number of nitrogens with one attached hydrogen (secondary N) is 7. The van der Waals surface area contributed by atoms with E-state index in [9.17, 15) is 43.2 Å². The van der Waals surface area contributed by atoms with E-state index in [2.05, 4.69) is 37.2 Å². The summed E-state index contributed by atoms with van der Waals surface area (Å²) in [6.07, 6.45) is 2.20. The maximum atomic E-state index is 14.1. The predicted octanol–water partition coefficient (Wildman–Crippen LogP) is -1.16. The summed E-state index contributed by atoms with van der Waals surface area (Å²) in [7, 11) is 0. The molecular formula is C41H57N9O9S. The first kappa shape index (κ1) is 48.4. The Kier molecular flexibility index (Phi) is 20.0. The summed E-state index contributed by atoms with van der Waals surface area (Å²) >= 11 is 1.48. The van der Waals surface area contributed by atoms with Gasteiger partial charge in [-0.05, 0) is 54.7 Å². The molecule has 0 bridgehead atoms. The van der Waals surface area contributed by atoms with Crippen LogP contribution < -0.4 is 48.7 Å². The standard InChI is InChI=1S/C41H57N9O9S/c1-24(2)20-30(40(58)47-27(36(43)54)18-19-60-3)46-35(53)23-44-37(55)31(21-25-10-6-4-7-11-25)49-41(59)32(22-26-12-8-5-9-13-26)50-39(57)29(14-16-33(42)51)48-38(56)28-15-17-34(52)45-28/h4-13,24,27-32H,14-23H2,1-3H3,(H2,42,51)(H2,43,54)(H,44,55)(H,45,52)(H,46,53)(H,47,58)(H,48,56)(H,49,59)(H,50,57)/t27-,28-,29-,30-,31-,32-/m0/s1. The van der Waals surface area contributed by atoms with E-state index >= 15 is 0 Å². The molecule has 1 heterocycles. The van der Waals surface area contributed by atoms with E-state index < -0.39 is 90.1 Å². The molecule has 2 aromatic rings. The molecule has 326 valence electrons. The van der Waals surface area contributed by atoms with Crippen LogP contribution in [0, 0.1) is 5.92 Å². The zero-order chi connectivity index (χ0) is 44.2. The van der Waals surface area contributed by atoms with Gasteiger partial charge in [0.15, 0.2) is 0 Å². The van der Waals surface area contributed by atoms with Crippen LogP contribution in [0.15, 0.2) is 60.7 Å². The number of nitrogens with two attached hydrogens (primary N) is 2. The van der Waals surface area contributed by atoms with E-state index in [1.165, 1.54) is 11.8 Å². The number of carbonyl (C=O) groups excluding carboxylic acids is 9. The quantitative estimate of drug-likeness (QED) is 0.0578. The molecule has 1 saturated heterocycles. The number of thioether (sulfide) groups is 1. The van der Waals surface area contributed by atoms with Crippen LogP contribution in [0.2, 0.25) is 0 Å². The van der Waals surface area contributed by atoms with Crippen LogP contribution in [0.5, 0.6) is 0 Å². The number of rotatable bonds is 25. The van der Waals surface area contributed by atoms with Crippen molar-refractivity contribution < 1.29 is 43.2 Å². The average molecular weight is 852 g/mol. The molecule has 0 saturated carbocycles. The van der Waals surface area contributed by atoms with Crippen molar-refractivity contribution in [2.75, 3.05) is 18.6 Å². The lowest BCUT2D eigenvalue weighted by molar-refractivity contribution is -0.134. The first-order valence-electron chi connectivity index (χ1n) is 19.8. The lowest BCUT2D eigenvalue weighted by Gasteiger charge is -2.26. The van der Waals surface area contributed by atoms with E-state index in [0.29, 0.717) is 23.3 Å². The van der Waals surface area contributed by atoms with Crippen molar-refractivity contribution in [3.05, 3.63) is 71.8 Å². The summed E-state index contributed by atoms with van der Waals surface area (Å²) in [5.74, 6) is -5.49. The SMILES string of the molecule is CSCC[C@H](NC(=O)[C@H](CC(C)C)NC(=O)CNC(=O)[C@H](Cc1ccccc1)NC(=O)[C@H](Cc1ccccc1)NC(=O)[C@H](CCC(N)=O)NC(=O)[C@@H]1CCC(=O)N1)C(N)=O. The molecule has 9 amide bonds. The normalized spacial score (nSPS) is 15.9. The smallest absolute Gasteiger partial charge is 0.243 e. The van der Waals surface area contributed by atoms with Gasteiger partial charge in [0.25, 0.3) is 0 Å². The molecule has 19 heteroatoms. The van der Waals surface area contributed by atoms with Crippen LogP contribution in [0.1, 0.15) is 63.5 Å².